The first-order chi connectivity index (χ1) is 16.5. The lowest BCUT2D eigenvalue weighted by molar-refractivity contribution is -0.121. The molecule has 0 atom stereocenters. The largest absolute Gasteiger partial charge is 0.352 e. The zero-order valence-electron chi connectivity index (χ0n) is 19.4. The van der Waals surface area contributed by atoms with E-state index >= 15 is 0 Å². The Labute approximate surface area is 199 Å². The standard InChI is InChI=1S/C27H30N4O3/c1-30-14-16-31(17-15-30)27(34)22-8-6-20(7-9-22)19-29-25(32)12-13-28-26(33)24-11-10-21-4-2-3-5-23(21)18-24/h2-11,18H,12-17,19H2,1H3,(H,28,33)(H,29,32). The second-order valence-corrected chi connectivity index (χ2v) is 8.64. The number of nitrogens with zero attached hydrogens (tertiary/aromatic N) is 2. The summed E-state index contributed by atoms with van der Waals surface area (Å²) >= 11 is 0. The van der Waals surface area contributed by atoms with Crippen LogP contribution in [0.25, 0.3) is 10.8 Å². The number of rotatable bonds is 7. The Kier molecular flexibility index (Phi) is 7.54. The number of piperazine rings is 1. The lowest BCUT2D eigenvalue weighted by atomic mass is 10.1. The second kappa shape index (κ2) is 10.9. The zero-order valence-corrected chi connectivity index (χ0v) is 19.4. The fourth-order valence-electron chi connectivity index (χ4n) is 3.97. The molecule has 0 aliphatic carbocycles. The molecule has 0 radical (unpaired) electrons. The van der Waals surface area contributed by atoms with Crippen molar-refractivity contribution in [3.8, 4) is 0 Å². The van der Waals surface area contributed by atoms with Crippen LogP contribution in [0.1, 0.15) is 32.7 Å². The van der Waals surface area contributed by atoms with Crippen LogP contribution in [0.2, 0.25) is 0 Å². The molecular formula is C27H30N4O3. The van der Waals surface area contributed by atoms with E-state index in [9.17, 15) is 14.4 Å². The van der Waals surface area contributed by atoms with Crippen molar-refractivity contribution in [1.29, 1.82) is 0 Å². The Morgan fingerprint density at radius 3 is 2.21 bits per heavy atom. The van der Waals surface area contributed by atoms with Gasteiger partial charge in [-0.3, -0.25) is 14.4 Å². The van der Waals surface area contributed by atoms with E-state index in [4.69, 9.17) is 0 Å². The smallest absolute Gasteiger partial charge is 0.253 e. The second-order valence-electron chi connectivity index (χ2n) is 8.64. The monoisotopic (exact) mass is 458 g/mol. The predicted molar refractivity (Wildman–Crippen MR) is 133 cm³/mol. The highest BCUT2D eigenvalue weighted by Gasteiger charge is 2.20. The first kappa shape index (κ1) is 23.4. The molecular weight excluding hydrogens is 428 g/mol. The summed E-state index contributed by atoms with van der Waals surface area (Å²) < 4.78 is 0. The zero-order chi connectivity index (χ0) is 23.9. The molecule has 3 amide bonds. The average Bonchev–Trinajstić information content (AvgIpc) is 2.87. The van der Waals surface area contributed by atoms with Crippen molar-refractivity contribution >= 4 is 28.5 Å². The van der Waals surface area contributed by atoms with E-state index < -0.39 is 0 Å². The molecule has 3 aromatic carbocycles. The minimum absolute atomic E-state index is 0.0471. The number of nitrogens with one attached hydrogen (secondary N) is 2. The van der Waals surface area contributed by atoms with Crippen molar-refractivity contribution in [2.75, 3.05) is 39.8 Å². The first-order valence-corrected chi connectivity index (χ1v) is 11.6. The number of hydrogen-bond acceptors (Lipinski definition) is 4. The number of hydrogen-bond donors (Lipinski definition) is 2. The number of carbonyl (C=O) groups is 3. The first-order valence-electron chi connectivity index (χ1n) is 11.6. The van der Waals surface area contributed by atoms with Crippen LogP contribution in [-0.4, -0.2) is 67.3 Å². The van der Waals surface area contributed by atoms with E-state index in [0.29, 0.717) is 17.7 Å². The van der Waals surface area contributed by atoms with Gasteiger partial charge in [0.1, 0.15) is 0 Å². The maximum Gasteiger partial charge on any atom is 0.253 e. The molecule has 176 valence electrons. The van der Waals surface area contributed by atoms with Crippen molar-refractivity contribution < 1.29 is 14.4 Å². The highest BCUT2D eigenvalue weighted by molar-refractivity contribution is 5.98. The van der Waals surface area contributed by atoms with Gasteiger partial charge in [-0.2, -0.15) is 0 Å². The molecule has 0 spiro atoms. The summed E-state index contributed by atoms with van der Waals surface area (Å²) in [5.41, 5.74) is 2.16. The molecule has 3 aromatic rings. The Balaban J connectivity index is 1.19. The van der Waals surface area contributed by atoms with Crippen LogP contribution < -0.4 is 10.6 Å². The SMILES string of the molecule is CN1CCN(C(=O)c2ccc(CNC(=O)CCNC(=O)c3ccc4ccccc4c3)cc2)CC1. The van der Waals surface area contributed by atoms with Crippen LogP contribution >= 0.6 is 0 Å². The molecule has 1 saturated heterocycles. The molecule has 7 heteroatoms. The summed E-state index contributed by atoms with van der Waals surface area (Å²) in [5.74, 6) is -0.290. The fourth-order valence-corrected chi connectivity index (χ4v) is 3.97. The summed E-state index contributed by atoms with van der Waals surface area (Å²) in [4.78, 5) is 41.3. The van der Waals surface area contributed by atoms with Crippen molar-refractivity contribution in [1.82, 2.24) is 20.4 Å². The number of fused-ring (bicyclic) bond motifs is 1. The molecule has 1 fully saturated rings. The van der Waals surface area contributed by atoms with Crippen molar-refractivity contribution in [3.05, 3.63) is 83.4 Å². The normalized spacial score (nSPS) is 14.1. The van der Waals surface area contributed by atoms with Gasteiger partial charge in [-0.25, -0.2) is 0 Å². The maximum absolute atomic E-state index is 12.6. The third-order valence-electron chi connectivity index (χ3n) is 6.13. The Hall–Kier alpha value is -3.71. The number of amides is 3. The van der Waals surface area contributed by atoms with E-state index in [1.54, 1.807) is 6.07 Å². The van der Waals surface area contributed by atoms with Gasteiger partial charge in [0.15, 0.2) is 0 Å². The average molecular weight is 459 g/mol. The van der Waals surface area contributed by atoms with Gasteiger partial charge in [0.05, 0.1) is 0 Å². The van der Waals surface area contributed by atoms with Gasteiger partial charge in [-0.15, -0.1) is 0 Å². The van der Waals surface area contributed by atoms with E-state index in [0.717, 1.165) is 42.5 Å². The molecule has 7 nitrogen and oxygen atoms in total. The van der Waals surface area contributed by atoms with Crippen molar-refractivity contribution in [2.24, 2.45) is 0 Å². The summed E-state index contributed by atoms with van der Waals surface area (Å²) in [6.45, 7) is 3.89. The number of benzene rings is 3. The number of carbonyl (C=O) groups excluding carboxylic acids is 3. The highest BCUT2D eigenvalue weighted by Crippen LogP contribution is 2.15. The van der Waals surface area contributed by atoms with Crippen LogP contribution in [0, 0.1) is 0 Å². The summed E-state index contributed by atoms with van der Waals surface area (Å²) in [5, 5.41) is 7.75. The molecule has 1 aliphatic rings. The quantitative estimate of drug-likeness (QED) is 0.570. The topological polar surface area (TPSA) is 81.8 Å². The van der Waals surface area contributed by atoms with E-state index in [2.05, 4.69) is 22.6 Å². The van der Waals surface area contributed by atoms with Crippen molar-refractivity contribution in [2.45, 2.75) is 13.0 Å². The Bertz CT molecular complexity index is 1170. The van der Waals surface area contributed by atoms with E-state index in [-0.39, 0.29) is 30.7 Å². The van der Waals surface area contributed by atoms with Crippen LogP contribution in [0.4, 0.5) is 0 Å². The summed E-state index contributed by atoms with van der Waals surface area (Å²) in [6.07, 6.45) is 0.194. The molecule has 0 saturated carbocycles. The molecule has 0 bridgehead atoms. The Morgan fingerprint density at radius 2 is 1.47 bits per heavy atom. The van der Waals surface area contributed by atoms with Crippen LogP contribution in [0.5, 0.6) is 0 Å². The summed E-state index contributed by atoms with van der Waals surface area (Å²) in [7, 11) is 2.06. The van der Waals surface area contributed by atoms with Crippen LogP contribution in [0.3, 0.4) is 0 Å². The molecule has 1 aliphatic heterocycles. The molecule has 2 N–H and O–H groups in total. The lowest BCUT2D eigenvalue weighted by Gasteiger charge is -2.32. The van der Waals surface area contributed by atoms with Crippen LogP contribution in [0.15, 0.2) is 66.7 Å². The van der Waals surface area contributed by atoms with Crippen molar-refractivity contribution in [3.63, 3.8) is 0 Å². The van der Waals surface area contributed by atoms with Gasteiger partial charge in [0, 0.05) is 56.8 Å². The van der Waals surface area contributed by atoms with Crippen LogP contribution in [-0.2, 0) is 11.3 Å². The minimum atomic E-state index is -0.195. The highest BCUT2D eigenvalue weighted by atomic mass is 16.2. The van der Waals surface area contributed by atoms with Gasteiger partial charge in [0.25, 0.3) is 11.8 Å². The fraction of sp³-hybridized carbons (Fsp3) is 0.296. The molecule has 4 rings (SSSR count). The van der Waals surface area contributed by atoms with E-state index in [1.165, 1.54) is 0 Å². The minimum Gasteiger partial charge on any atom is -0.352 e. The number of likely N-dealkylation sites (N-methyl/N-ethyl adjacent to an activating group) is 1. The molecule has 34 heavy (non-hydrogen) atoms. The lowest BCUT2D eigenvalue weighted by Crippen LogP contribution is -2.47. The third kappa shape index (κ3) is 5.99. The Morgan fingerprint density at radius 1 is 0.794 bits per heavy atom. The van der Waals surface area contributed by atoms with Gasteiger partial charge in [-0.05, 0) is 47.6 Å². The predicted octanol–water partition coefficient (Wildman–Crippen LogP) is 2.66. The maximum atomic E-state index is 12.6. The van der Waals surface area contributed by atoms with Gasteiger partial charge in [-0.1, -0.05) is 42.5 Å². The van der Waals surface area contributed by atoms with Gasteiger partial charge >= 0.3 is 0 Å². The third-order valence-corrected chi connectivity index (χ3v) is 6.13. The van der Waals surface area contributed by atoms with Gasteiger partial charge in [0.2, 0.25) is 5.91 Å². The summed E-state index contributed by atoms with van der Waals surface area (Å²) in [6, 6.07) is 20.8. The molecule has 0 unspecified atom stereocenters. The molecule has 0 aromatic heterocycles. The van der Waals surface area contributed by atoms with Gasteiger partial charge < -0.3 is 20.4 Å². The van der Waals surface area contributed by atoms with E-state index in [1.807, 2.05) is 65.6 Å². The molecule has 1 heterocycles.